The third-order valence-corrected chi connectivity index (χ3v) is 7.21. The van der Waals surface area contributed by atoms with Crippen molar-refractivity contribution in [1.82, 2.24) is 4.98 Å². The van der Waals surface area contributed by atoms with Crippen LogP contribution in [0.4, 0.5) is 10.5 Å². The second-order valence-corrected chi connectivity index (χ2v) is 9.41. The summed E-state index contributed by atoms with van der Waals surface area (Å²) in [7, 11) is 1.65. The second kappa shape index (κ2) is 8.83. The van der Waals surface area contributed by atoms with Crippen LogP contribution < -0.4 is 23.8 Å². The molecule has 3 heterocycles. The van der Waals surface area contributed by atoms with E-state index in [1.807, 2.05) is 42.5 Å². The number of carbonyl (C=O) groups is 1. The molecular weight excluding hydrogens is 448 g/mol. The molecule has 2 aromatic carbocycles. The SMILES string of the molecule is COc1ccc2nccc(OCC3CCC4(CC3)CN(c3ccc5c(c3)OCCO5)C(=O)O4)c2c1. The number of methoxy groups -OCH3 is 1. The molecule has 0 bridgehead atoms. The molecule has 8 heteroatoms. The number of hydrogen-bond donors (Lipinski definition) is 0. The molecule has 1 saturated carbocycles. The fourth-order valence-corrected chi connectivity index (χ4v) is 5.21. The van der Waals surface area contributed by atoms with E-state index < -0.39 is 5.60 Å². The van der Waals surface area contributed by atoms with Gasteiger partial charge in [0.1, 0.15) is 30.3 Å². The number of aromatic nitrogens is 1. The lowest BCUT2D eigenvalue weighted by Crippen LogP contribution is -2.39. The van der Waals surface area contributed by atoms with Gasteiger partial charge in [0, 0.05) is 17.6 Å². The van der Waals surface area contributed by atoms with Crippen LogP contribution in [0.15, 0.2) is 48.7 Å². The zero-order valence-electron chi connectivity index (χ0n) is 19.7. The van der Waals surface area contributed by atoms with E-state index in [1.54, 1.807) is 18.2 Å². The Morgan fingerprint density at radius 1 is 1.06 bits per heavy atom. The Kier molecular flexibility index (Phi) is 5.51. The van der Waals surface area contributed by atoms with Gasteiger partial charge in [-0.3, -0.25) is 9.88 Å². The van der Waals surface area contributed by atoms with Crippen LogP contribution in [0, 0.1) is 5.92 Å². The Hall–Kier alpha value is -3.68. The molecule has 2 fully saturated rings. The number of ether oxygens (including phenoxy) is 5. The van der Waals surface area contributed by atoms with Gasteiger partial charge < -0.3 is 23.7 Å². The number of pyridine rings is 1. The first-order chi connectivity index (χ1) is 17.1. The summed E-state index contributed by atoms with van der Waals surface area (Å²) in [5.74, 6) is 3.37. The lowest BCUT2D eigenvalue weighted by atomic mass is 9.79. The Morgan fingerprint density at radius 3 is 2.71 bits per heavy atom. The van der Waals surface area contributed by atoms with Crippen LogP contribution in [-0.4, -0.2) is 50.2 Å². The van der Waals surface area contributed by atoms with Crippen LogP contribution in [0.1, 0.15) is 25.7 Å². The van der Waals surface area contributed by atoms with Gasteiger partial charge in [-0.25, -0.2) is 4.79 Å². The molecule has 3 aromatic rings. The average Bonchev–Trinajstić information content (AvgIpc) is 3.23. The maximum atomic E-state index is 12.8. The summed E-state index contributed by atoms with van der Waals surface area (Å²) in [6.45, 7) is 2.22. The highest BCUT2D eigenvalue weighted by atomic mass is 16.6. The number of nitrogens with zero attached hydrogens (tertiary/aromatic N) is 2. The Balaban J connectivity index is 1.09. The van der Waals surface area contributed by atoms with E-state index in [9.17, 15) is 4.79 Å². The maximum absolute atomic E-state index is 12.8. The Bertz CT molecular complexity index is 1250. The standard InChI is InChI=1S/C27H28N2O6/c1-31-20-3-4-22-21(15-20)23(8-11-28-22)34-16-18-6-9-27(10-7-18)17-29(26(30)35-27)19-2-5-24-25(14-19)33-13-12-32-24/h2-5,8,11,14-15,18H,6-7,9-10,12-13,16-17H2,1H3. The van der Waals surface area contributed by atoms with Crippen molar-refractivity contribution in [2.75, 3.05) is 38.4 Å². The van der Waals surface area contributed by atoms with Crippen LogP contribution in [0.3, 0.4) is 0 Å². The summed E-state index contributed by atoms with van der Waals surface area (Å²) in [5.41, 5.74) is 1.21. The third-order valence-electron chi connectivity index (χ3n) is 7.21. The minimum absolute atomic E-state index is 0.298. The van der Waals surface area contributed by atoms with Crippen molar-refractivity contribution in [3.63, 3.8) is 0 Å². The molecule has 8 nitrogen and oxygen atoms in total. The topological polar surface area (TPSA) is 79.4 Å². The zero-order chi connectivity index (χ0) is 23.8. The van der Waals surface area contributed by atoms with Crippen molar-refractivity contribution in [2.45, 2.75) is 31.3 Å². The molecule has 1 spiro atoms. The molecule has 1 amide bonds. The molecule has 35 heavy (non-hydrogen) atoms. The molecule has 0 N–H and O–H groups in total. The molecule has 0 radical (unpaired) electrons. The number of fused-ring (bicyclic) bond motifs is 2. The number of carbonyl (C=O) groups excluding carboxylic acids is 1. The highest BCUT2D eigenvalue weighted by Gasteiger charge is 2.47. The van der Waals surface area contributed by atoms with Crippen molar-refractivity contribution >= 4 is 22.7 Å². The van der Waals surface area contributed by atoms with Crippen molar-refractivity contribution in [3.05, 3.63) is 48.7 Å². The zero-order valence-corrected chi connectivity index (χ0v) is 19.7. The number of amides is 1. The van der Waals surface area contributed by atoms with Gasteiger partial charge in [-0.15, -0.1) is 0 Å². The largest absolute Gasteiger partial charge is 0.497 e. The molecule has 0 unspecified atom stereocenters. The van der Waals surface area contributed by atoms with Crippen LogP contribution in [0.2, 0.25) is 0 Å². The summed E-state index contributed by atoms with van der Waals surface area (Å²) in [6, 6.07) is 13.3. The summed E-state index contributed by atoms with van der Waals surface area (Å²) in [6.07, 6.45) is 4.99. The summed E-state index contributed by atoms with van der Waals surface area (Å²) in [5, 5.41) is 0.943. The molecule has 1 saturated heterocycles. The van der Waals surface area contributed by atoms with Gasteiger partial charge in [0.25, 0.3) is 0 Å². The van der Waals surface area contributed by atoms with Crippen molar-refractivity contribution < 1.29 is 28.5 Å². The van der Waals surface area contributed by atoms with Gasteiger partial charge in [-0.2, -0.15) is 0 Å². The average molecular weight is 477 g/mol. The number of hydrogen-bond acceptors (Lipinski definition) is 7. The third kappa shape index (κ3) is 4.17. The lowest BCUT2D eigenvalue weighted by molar-refractivity contribution is 0.00730. The predicted octanol–water partition coefficient (Wildman–Crippen LogP) is 4.98. The minimum atomic E-state index is -0.447. The number of anilines is 1. The second-order valence-electron chi connectivity index (χ2n) is 9.41. The number of rotatable bonds is 5. The van der Waals surface area contributed by atoms with E-state index in [4.69, 9.17) is 23.7 Å². The van der Waals surface area contributed by atoms with Gasteiger partial charge in [0.05, 0.1) is 31.5 Å². The number of benzene rings is 2. The first-order valence-electron chi connectivity index (χ1n) is 12.1. The molecule has 6 rings (SSSR count). The molecule has 1 aliphatic carbocycles. The van der Waals surface area contributed by atoms with Gasteiger partial charge in [-0.05, 0) is 68.0 Å². The molecule has 2 aliphatic heterocycles. The van der Waals surface area contributed by atoms with Gasteiger partial charge in [0.15, 0.2) is 11.5 Å². The van der Waals surface area contributed by atoms with E-state index in [0.29, 0.717) is 43.8 Å². The van der Waals surface area contributed by atoms with Crippen molar-refractivity contribution in [1.29, 1.82) is 0 Å². The van der Waals surface area contributed by atoms with E-state index in [0.717, 1.165) is 53.8 Å². The first kappa shape index (κ1) is 21.8. The van der Waals surface area contributed by atoms with E-state index >= 15 is 0 Å². The fourth-order valence-electron chi connectivity index (χ4n) is 5.21. The van der Waals surface area contributed by atoms with Gasteiger partial charge in [-0.1, -0.05) is 0 Å². The van der Waals surface area contributed by atoms with Crippen molar-refractivity contribution in [2.24, 2.45) is 5.92 Å². The summed E-state index contributed by atoms with van der Waals surface area (Å²) >= 11 is 0. The van der Waals surface area contributed by atoms with E-state index in [2.05, 4.69) is 4.98 Å². The summed E-state index contributed by atoms with van der Waals surface area (Å²) < 4.78 is 28.8. The molecule has 0 atom stereocenters. The Labute approximate surface area is 203 Å². The Morgan fingerprint density at radius 2 is 1.89 bits per heavy atom. The monoisotopic (exact) mass is 476 g/mol. The predicted molar refractivity (Wildman–Crippen MR) is 130 cm³/mol. The molecular formula is C27H28N2O6. The smallest absolute Gasteiger partial charge is 0.415 e. The quantitative estimate of drug-likeness (QED) is 0.514. The minimum Gasteiger partial charge on any atom is -0.497 e. The normalized spacial score (nSPS) is 23.4. The van der Waals surface area contributed by atoms with Crippen LogP contribution in [-0.2, 0) is 4.74 Å². The van der Waals surface area contributed by atoms with Crippen molar-refractivity contribution in [3.8, 4) is 23.0 Å². The maximum Gasteiger partial charge on any atom is 0.415 e. The van der Waals surface area contributed by atoms with Crippen LogP contribution in [0.5, 0.6) is 23.0 Å². The van der Waals surface area contributed by atoms with Gasteiger partial charge in [0.2, 0.25) is 0 Å². The van der Waals surface area contributed by atoms with Crippen LogP contribution >= 0.6 is 0 Å². The molecule has 3 aliphatic rings. The highest BCUT2D eigenvalue weighted by molar-refractivity contribution is 5.91. The summed E-state index contributed by atoms with van der Waals surface area (Å²) in [4.78, 5) is 18.9. The van der Waals surface area contributed by atoms with Crippen LogP contribution in [0.25, 0.3) is 10.9 Å². The molecule has 1 aromatic heterocycles. The van der Waals surface area contributed by atoms with E-state index in [-0.39, 0.29) is 6.09 Å². The first-order valence-corrected chi connectivity index (χ1v) is 12.1. The highest BCUT2D eigenvalue weighted by Crippen LogP contribution is 2.43. The molecule has 182 valence electrons. The van der Waals surface area contributed by atoms with Gasteiger partial charge >= 0.3 is 6.09 Å². The lowest BCUT2D eigenvalue weighted by Gasteiger charge is -2.35. The fraction of sp³-hybridized carbons (Fsp3) is 0.407. The van der Waals surface area contributed by atoms with E-state index in [1.165, 1.54) is 0 Å².